The molecule has 0 radical (unpaired) electrons. The molecule has 0 aliphatic rings. The van der Waals surface area contributed by atoms with Crippen LogP contribution in [0.5, 0.6) is 11.5 Å². The van der Waals surface area contributed by atoms with Crippen LogP contribution in [0, 0.1) is 11.3 Å². The van der Waals surface area contributed by atoms with Crippen LogP contribution in [0.1, 0.15) is 11.1 Å². The summed E-state index contributed by atoms with van der Waals surface area (Å²) in [5.41, 5.74) is 1.43. The Kier molecular flexibility index (Phi) is 4.27. The summed E-state index contributed by atoms with van der Waals surface area (Å²) in [6, 6.07) is 14.6. The standard InChI is InChI=1S/C15H12ClNO2/c1-18-13-6-7-15(14(16)8-13)19-10-12-5-3-2-4-11(12)9-17/h2-8H,10H2,1H3. The van der Waals surface area contributed by atoms with Gasteiger partial charge in [0.15, 0.2) is 0 Å². The van der Waals surface area contributed by atoms with Gasteiger partial charge in [-0.3, -0.25) is 0 Å². The highest BCUT2D eigenvalue weighted by Gasteiger charge is 2.06. The zero-order valence-electron chi connectivity index (χ0n) is 10.4. The van der Waals surface area contributed by atoms with Gasteiger partial charge in [0.2, 0.25) is 0 Å². The SMILES string of the molecule is COc1ccc(OCc2ccccc2C#N)c(Cl)c1. The van der Waals surface area contributed by atoms with Gasteiger partial charge < -0.3 is 9.47 Å². The summed E-state index contributed by atoms with van der Waals surface area (Å²) in [6.45, 7) is 0.301. The van der Waals surface area contributed by atoms with Crippen LogP contribution < -0.4 is 9.47 Å². The van der Waals surface area contributed by atoms with Gasteiger partial charge in [-0.2, -0.15) is 5.26 Å². The smallest absolute Gasteiger partial charge is 0.138 e. The molecule has 0 atom stereocenters. The first-order valence-corrected chi connectivity index (χ1v) is 6.06. The van der Waals surface area contributed by atoms with E-state index < -0.39 is 0 Å². The predicted octanol–water partition coefficient (Wildman–Crippen LogP) is 3.80. The summed E-state index contributed by atoms with van der Waals surface area (Å²) in [4.78, 5) is 0. The normalized spacial score (nSPS) is 9.74. The van der Waals surface area contributed by atoms with E-state index in [1.165, 1.54) is 0 Å². The second-order valence-corrected chi connectivity index (χ2v) is 4.26. The molecule has 0 aromatic heterocycles. The van der Waals surface area contributed by atoms with Crippen molar-refractivity contribution in [2.75, 3.05) is 7.11 Å². The molecule has 0 spiro atoms. The zero-order valence-corrected chi connectivity index (χ0v) is 11.1. The van der Waals surface area contributed by atoms with Crippen LogP contribution in [0.3, 0.4) is 0 Å². The Hall–Kier alpha value is -2.18. The molecule has 19 heavy (non-hydrogen) atoms. The molecule has 0 bridgehead atoms. The summed E-state index contributed by atoms with van der Waals surface area (Å²) in [5, 5.41) is 9.47. The second-order valence-electron chi connectivity index (χ2n) is 3.85. The first-order valence-electron chi connectivity index (χ1n) is 5.69. The average molecular weight is 274 g/mol. The van der Waals surface area contributed by atoms with E-state index >= 15 is 0 Å². The minimum Gasteiger partial charge on any atom is -0.497 e. The fourth-order valence-electron chi connectivity index (χ4n) is 1.64. The molecule has 0 aliphatic heterocycles. The van der Waals surface area contributed by atoms with Gasteiger partial charge in [-0.25, -0.2) is 0 Å². The van der Waals surface area contributed by atoms with Gasteiger partial charge in [-0.1, -0.05) is 29.8 Å². The van der Waals surface area contributed by atoms with E-state index in [0.717, 1.165) is 5.56 Å². The maximum absolute atomic E-state index is 8.99. The van der Waals surface area contributed by atoms with Crippen LogP contribution >= 0.6 is 11.6 Å². The molecule has 0 aliphatic carbocycles. The molecule has 0 amide bonds. The van der Waals surface area contributed by atoms with Gasteiger partial charge in [0.05, 0.1) is 23.8 Å². The quantitative estimate of drug-likeness (QED) is 0.851. The van der Waals surface area contributed by atoms with Gasteiger partial charge in [0.25, 0.3) is 0 Å². The first kappa shape index (κ1) is 13.3. The Morgan fingerprint density at radius 1 is 1.21 bits per heavy atom. The van der Waals surface area contributed by atoms with E-state index in [-0.39, 0.29) is 0 Å². The van der Waals surface area contributed by atoms with E-state index in [4.69, 9.17) is 26.3 Å². The third-order valence-corrected chi connectivity index (χ3v) is 2.96. The van der Waals surface area contributed by atoms with Crippen molar-refractivity contribution >= 4 is 11.6 Å². The molecule has 3 nitrogen and oxygen atoms in total. The van der Waals surface area contributed by atoms with Crippen LogP contribution in [-0.2, 0) is 6.61 Å². The topological polar surface area (TPSA) is 42.2 Å². The monoisotopic (exact) mass is 273 g/mol. The molecule has 0 N–H and O–H groups in total. The van der Waals surface area contributed by atoms with Gasteiger partial charge in [0.1, 0.15) is 18.1 Å². The summed E-state index contributed by atoms with van der Waals surface area (Å²) in [6.07, 6.45) is 0. The number of hydrogen-bond donors (Lipinski definition) is 0. The minimum absolute atomic E-state index is 0.301. The van der Waals surface area contributed by atoms with Gasteiger partial charge >= 0.3 is 0 Å². The number of rotatable bonds is 4. The van der Waals surface area contributed by atoms with Crippen LogP contribution in [0.2, 0.25) is 5.02 Å². The van der Waals surface area contributed by atoms with Crippen LogP contribution in [-0.4, -0.2) is 7.11 Å². The number of nitrogens with zero attached hydrogens (tertiary/aromatic N) is 1. The van der Waals surface area contributed by atoms with Crippen molar-refractivity contribution in [3.63, 3.8) is 0 Å². The number of nitriles is 1. The highest BCUT2D eigenvalue weighted by molar-refractivity contribution is 6.32. The second kappa shape index (κ2) is 6.12. The summed E-state index contributed by atoms with van der Waals surface area (Å²) >= 11 is 6.08. The van der Waals surface area contributed by atoms with Crippen molar-refractivity contribution in [3.05, 3.63) is 58.6 Å². The molecular weight excluding hydrogens is 262 g/mol. The lowest BCUT2D eigenvalue weighted by Gasteiger charge is -2.10. The van der Waals surface area contributed by atoms with Crippen molar-refractivity contribution in [1.82, 2.24) is 0 Å². The Bertz CT molecular complexity index is 620. The van der Waals surface area contributed by atoms with Crippen LogP contribution in [0.4, 0.5) is 0 Å². The number of halogens is 1. The number of methoxy groups -OCH3 is 1. The lowest BCUT2D eigenvalue weighted by Crippen LogP contribution is -1.98. The van der Waals surface area contributed by atoms with Crippen molar-refractivity contribution in [2.24, 2.45) is 0 Å². The molecule has 96 valence electrons. The fourth-order valence-corrected chi connectivity index (χ4v) is 1.86. The maximum Gasteiger partial charge on any atom is 0.138 e. The third-order valence-electron chi connectivity index (χ3n) is 2.66. The highest BCUT2D eigenvalue weighted by atomic mass is 35.5. The maximum atomic E-state index is 8.99. The van der Waals surface area contributed by atoms with Crippen LogP contribution in [0.15, 0.2) is 42.5 Å². The zero-order chi connectivity index (χ0) is 13.7. The summed E-state index contributed by atoms with van der Waals surface area (Å²) in [5.74, 6) is 1.24. The first-order chi connectivity index (χ1) is 9.24. The Balaban J connectivity index is 2.13. The molecule has 2 aromatic rings. The molecule has 0 unspecified atom stereocenters. The Labute approximate surface area is 117 Å². The number of ether oxygens (including phenoxy) is 2. The third kappa shape index (κ3) is 3.18. The molecular formula is C15H12ClNO2. The summed E-state index contributed by atoms with van der Waals surface area (Å²) < 4.78 is 10.7. The Morgan fingerprint density at radius 3 is 2.68 bits per heavy atom. The van der Waals surface area contributed by atoms with E-state index in [1.54, 1.807) is 31.4 Å². The van der Waals surface area contributed by atoms with E-state index in [0.29, 0.717) is 28.7 Å². The lowest BCUT2D eigenvalue weighted by atomic mass is 10.1. The van der Waals surface area contributed by atoms with E-state index in [1.807, 2.05) is 18.2 Å². The molecule has 0 fully saturated rings. The lowest BCUT2D eigenvalue weighted by molar-refractivity contribution is 0.305. The number of hydrogen-bond acceptors (Lipinski definition) is 3. The van der Waals surface area contributed by atoms with Crippen molar-refractivity contribution in [3.8, 4) is 17.6 Å². The largest absolute Gasteiger partial charge is 0.497 e. The van der Waals surface area contributed by atoms with E-state index in [2.05, 4.69) is 6.07 Å². The van der Waals surface area contributed by atoms with E-state index in [9.17, 15) is 0 Å². The molecule has 0 saturated heterocycles. The summed E-state index contributed by atoms with van der Waals surface area (Å²) in [7, 11) is 1.58. The molecule has 2 rings (SSSR count). The molecule has 4 heteroatoms. The van der Waals surface area contributed by atoms with Gasteiger partial charge in [0, 0.05) is 11.6 Å². The molecule has 0 saturated carbocycles. The predicted molar refractivity (Wildman–Crippen MR) is 73.5 cm³/mol. The molecule has 2 aromatic carbocycles. The minimum atomic E-state index is 0.301. The van der Waals surface area contributed by atoms with Crippen molar-refractivity contribution < 1.29 is 9.47 Å². The van der Waals surface area contributed by atoms with Gasteiger partial charge in [-0.15, -0.1) is 0 Å². The van der Waals surface area contributed by atoms with Crippen LogP contribution in [0.25, 0.3) is 0 Å². The van der Waals surface area contributed by atoms with Gasteiger partial charge in [-0.05, 0) is 18.2 Å². The van der Waals surface area contributed by atoms with Crippen molar-refractivity contribution in [1.29, 1.82) is 5.26 Å². The van der Waals surface area contributed by atoms with Crippen molar-refractivity contribution in [2.45, 2.75) is 6.61 Å². The Morgan fingerprint density at radius 2 is 2.00 bits per heavy atom. The molecule has 0 heterocycles. The highest BCUT2D eigenvalue weighted by Crippen LogP contribution is 2.29. The average Bonchev–Trinajstić information content (AvgIpc) is 2.46. The fraction of sp³-hybridized carbons (Fsp3) is 0.133. The number of benzene rings is 2.